The third-order valence-corrected chi connectivity index (χ3v) is 7.45. The minimum absolute atomic E-state index is 0.0637. The second kappa shape index (κ2) is 8.68. The third-order valence-electron chi connectivity index (χ3n) is 5.54. The van der Waals surface area contributed by atoms with Gasteiger partial charge in [0, 0.05) is 45.0 Å². The molecule has 27 heavy (non-hydrogen) atoms. The zero-order valence-electron chi connectivity index (χ0n) is 16.2. The van der Waals surface area contributed by atoms with Gasteiger partial charge in [0.25, 0.3) is 0 Å². The van der Waals surface area contributed by atoms with Crippen LogP contribution in [0.1, 0.15) is 26.2 Å². The number of hydrogen-bond acceptors (Lipinski definition) is 5. The van der Waals surface area contributed by atoms with Crippen LogP contribution in [0.15, 0.2) is 29.2 Å². The first-order valence-electron chi connectivity index (χ1n) is 9.71. The zero-order chi connectivity index (χ0) is 19.4. The SMILES string of the molecule is C[C@@H](C(=O)Nc1ccc(S(=O)(=O)N2CCCCC2)cc1)N1CCN(C)CC1. The lowest BCUT2D eigenvalue weighted by atomic mass is 10.2. The predicted molar refractivity (Wildman–Crippen MR) is 106 cm³/mol. The molecule has 150 valence electrons. The van der Waals surface area contributed by atoms with Crippen molar-refractivity contribution in [3.05, 3.63) is 24.3 Å². The summed E-state index contributed by atoms with van der Waals surface area (Å²) in [6.07, 6.45) is 2.91. The van der Waals surface area contributed by atoms with Crippen LogP contribution in [0.25, 0.3) is 0 Å². The van der Waals surface area contributed by atoms with E-state index in [1.54, 1.807) is 28.6 Å². The van der Waals surface area contributed by atoms with E-state index in [-0.39, 0.29) is 16.8 Å². The first kappa shape index (κ1) is 20.3. The number of hydrogen-bond donors (Lipinski definition) is 1. The molecule has 8 heteroatoms. The Morgan fingerprint density at radius 2 is 1.56 bits per heavy atom. The number of benzene rings is 1. The fourth-order valence-corrected chi connectivity index (χ4v) is 5.10. The van der Waals surface area contributed by atoms with Crippen LogP contribution in [0.4, 0.5) is 5.69 Å². The van der Waals surface area contributed by atoms with Crippen molar-refractivity contribution in [2.75, 3.05) is 51.6 Å². The zero-order valence-corrected chi connectivity index (χ0v) is 17.0. The van der Waals surface area contributed by atoms with Crippen molar-refractivity contribution in [3.8, 4) is 0 Å². The number of nitrogens with zero attached hydrogens (tertiary/aromatic N) is 3. The van der Waals surface area contributed by atoms with Gasteiger partial charge in [-0.3, -0.25) is 9.69 Å². The molecule has 0 radical (unpaired) electrons. The molecule has 1 aromatic carbocycles. The molecule has 2 aliphatic heterocycles. The Kier molecular flexibility index (Phi) is 6.52. The monoisotopic (exact) mass is 394 g/mol. The van der Waals surface area contributed by atoms with E-state index in [4.69, 9.17) is 0 Å². The highest BCUT2D eigenvalue weighted by molar-refractivity contribution is 7.89. The first-order valence-corrected chi connectivity index (χ1v) is 11.2. The minimum atomic E-state index is -3.44. The molecule has 2 saturated heterocycles. The molecule has 0 aromatic heterocycles. The van der Waals surface area contributed by atoms with Gasteiger partial charge in [-0.15, -0.1) is 0 Å². The van der Waals surface area contributed by atoms with Crippen LogP contribution in [0.5, 0.6) is 0 Å². The summed E-state index contributed by atoms with van der Waals surface area (Å²) in [6.45, 7) is 6.75. The lowest BCUT2D eigenvalue weighted by Crippen LogP contribution is -2.51. The number of sulfonamides is 1. The maximum atomic E-state index is 12.7. The van der Waals surface area contributed by atoms with E-state index in [2.05, 4.69) is 22.2 Å². The summed E-state index contributed by atoms with van der Waals surface area (Å²) >= 11 is 0. The van der Waals surface area contributed by atoms with Crippen molar-refractivity contribution in [1.82, 2.24) is 14.1 Å². The second-order valence-corrected chi connectivity index (χ2v) is 9.43. The summed E-state index contributed by atoms with van der Waals surface area (Å²) < 4.78 is 26.9. The Morgan fingerprint density at radius 1 is 0.963 bits per heavy atom. The number of likely N-dealkylation sites (N-methyl/N-ethyl adjacent to an activating group) is 1. The van der Waals surface area contributed by atoms with Gasteiger partial charge in [0.05, 0.1) is 10.9 Å². The molecular formula is C19H30N4O3S. The highest BCUT2D eigenvalue weighted by Gasteiger charge is 2.27. The number of carbonyl (C=O) groups excluding carboxylic acids is 1. The fourth-order valence-electron chi connectivity index (χ4n) is 3.59. The maximum Gasteiger partial charge on any atom is 0.243 e. The van der Waals surface area contributed by atoms with E-state index < -0.39 is 10.0 Å². The van der Waals surface area contributed by atoms with Gasteiger partial charge in [-0.1, -0.05) is 6.42 Å². The average molecular weight is 395 g/mol. The van der Waals surface area contributed by atoms with Gasteiger partial charge in [-0.05, 0) is 51.1 Å². The summed E-state index contributed by atoms with van der Waals surface area (Å²) in [5.41, 5.74) is 0.624. The number of anilines is 1. The third kappa shape index (κ3) is 4.87. The molecular weight excluding hydrogens is 364 g/mol. The van der Waals surface area contributed by atoms with Crippen molar-refractivity contribution >= 4 is 21.6 Å². The molecule has 0 unspecified atom stereocenters. The van der Waals surface area contributed by atoms with Gasteiger partial charge in [-0.25, -0.2) is 8.42 Å². The molecule has 2 heterocycles. The quantitative estimate of drug-likeness (QED) is 0.818. The van der Waals surface area contributed by atoms with Gasteiger partial charge in [-0.2, -0.15) is 4.31 Å². The van der Waals surface area contributed by atoms with Crippen molar-refractivity contribution in [2.45, 2.75) is 37.1 Å². The van der Waals surface area contributed by atoms with E-state index in [1.165, 1.54) is 0 Å². The highest BCUT2D eigenvalue weighted by atomic mass is 32.2. The minimum Gasteiger partial charge on any atom is -0.325 e. The Bertz CT molecular complexity index is 737. The number of nitrogens with one attached hydrogen (secondary N) is 1. The van der Waals surface area contributed by atoms with E-state index in [9.17, 15) is 13.2 Å². The van der Waals surface area contributed by atoms with E-state index >= 15 is 0 Å². The molecule has 7 nitrogen and oxygen atoms in total. The van der Waals surface area contributed by atoms with Crippen LogP contribution in [0, 0.1) is 0 Å². The summed E-state index contributed by atoms with van der Waals surface area (Å²) in [5.74, 6) is -0.0637. The van der Waals surface area contributed by atoms with Crippen molar-refractivity contribution in [1.29, 1.82) is 0 Å². The van der Waals surface area contributed by atoms with E-state index in [1.807, 2.05) is 6.92 Å². The van der Waals surface area contributed by atoms with Crippen LogP contribution in [0.2, 0.25) is 0 Å². The molecule has 0 bridgehead atoms. The van der Waals surface area contributed by atoms with Crippen LogP contribution in [0.3, 0.4) is 0 Å². The maximum absolute atomic E-state index is 12.7. The van der Waals surface area contributed by atoms with E-state index in [0.717, 1.165) is 45.4 Å². The predicted octanol–water partition coefficient (Wildman–Crippen LogP) is 1.44. The Balaban J connectivity index is 1.60. The lowest BCUT2D eigenvalue weighted by molar-refractivity contribution is -0.121. The van der Waals surface area contributed by atoms with Crippen LogP contribution < -0.4 is 5.32 Å². The second-order valence-electron chi connectivity index (χ2n) is 7.49. The van der Waals surface area contributed by atoms with Gasteiger partial charge < -0.3 is 10.2 Å². The normalized spacial score (nSPS) is 21.7. The summed E-state index contributed by atoms with van der Waals surface area (Å²) in [5, 5.41) is 2.91. The molecule has 1 amide bonds. The van der Waals surface area contributed by atoms with Gasteiger partial charge in [0.1, 0.15) is 0 Å². The molecule has 0 saturated carbocycles. The summed E-state index contributed by atoms with van der Waals surface area (Å²) in [4.78, 5) is 17.2. The van der Waals surface area contributed by atoms with Crippen LogP contribution in [-0.4, -0.2) is 80.8 Å². The molecule has 3 rings (SSSR count). The number of piperazine rings is 1. The van der Waals surface area contributed by atoms with Gasteiger partial charge >= 0.3 is 0 Å². The number of rotatable bonds is 5. The number of carbonyl (C=O) groups is 1. The molecule has 2 fully saturated rings. The standard InChI is InChI=1S/C19H30N4O3S/c1-16(22-14-12-21(2)13-15-22)19(24)20-17-6-8-18(9-7-17)27(25,26)23-10-4-3-5-11-23/h6-9,16H,3-5,10-15H2,1-2H3,(H,20,24)/t16-/m0/s1. The summed E-state index contributed by atoms with van der Waals surface area (Å²) in [6, 6.07) is 6.30. The molecule has 2 aliphatic rings. The van der Waals surface area contributed by atoms with Crippen molar-refractivity contribution in [3.63, 3.8) is 0 Å². The van der Waals surface area contributed by atoms with Gasteiger partial charge in [0.15, 0.2) is 0 Å². The smallest absolute Gasteiger partial charge is 0.243 e. The summed E-state index contributed by atoms with van der Waals surface area (Å²) in [7, 11) is -1.35. The Morgan fingerprint density at radius 3 is 2.15 bits per heavy atom. The topological polar surface area (TPSA) is 73.0 Å². The molecule has 0 spiro atoms. The van der Waals surface area contributed by atoms with Crippen LogP contribution in [-0.2, 0) is 14.8 Å². The molecule has 1 aromatic rings. The highest BCUT2D eigenvalue weighted by Crippen LogP contribution is 2.22. The largest absolute Gasteiger partial charge is 0.325 e. The van der Waals surface area contributed by atoms with Crippen LogP contribution >= 0.6 is 0 Å². The number of amides is 1. The molecule has 1 atom stereocenters. The Hall–Kier alpha value is -1.48. The average Bonchev–Trinajstić information content (AvgIpc) is 2.69. The lowest BCUT2D eigenvalue weighted by Gasteiger charge is -2.35. The van der Waals surface area contributed by atoms with E-state index in [0.29, 0.717) is 18.8 Å². The first-order chi connectivity index (χ1) is 12.9. The van der Waals surface area contributed by atoms with Crippen molar-refractivity contribution in [2.24, 2.45) is 0 Å². The fraction of sp³-hybridized carbons (Fsp3) is 0.632. The van der Waals surface area contributed by atoms with Crippen molar-refractivity contribution < 1.29 is 13.2 Å². The number of piperidine rings is 1. The Labute approximate surface area is 162 Å². The molecule has 1 N–H and O–H groups in total. The van der Waals surface area contributed by atoms with Gasteiger partial charge in [0.2, 0.25) is 15.9 Å². The molecule has 0 aliphatic carbocycles.